The largest absolute Gasteiger partial charge is 0.465 e. The molecule has 0 saturated carbocycles. The summed E-state index contributed by atoms with van der Waals surface area (Å²) in [4.78, 5) is 14.1. The monoisotopic (exact) mass is 185 g/mol. The van der Waals surface area contributed by atoms with Gasteiger partial charge in [0, 0.05) is 6.20 Å². The molecule has 0 radical (unpaired) electrons. The fourth-order valence-corrected chi connectivity index (χ4v) is 0.449. The van der Waals surface area contributed by atoms with Gasteiger partial charge in [0.15, 0.2) is 0 Å². The van der Waals surface area contributed by atoms with Crippen LogP contribution in [0.2, 0.25) is 0 Å². The van der Waals surface area contributed by atoms with Crippen molar-refractivity contribution in [2.24, 2.45) is 0 Å². The van der Waals surface area contributed by atoms with Crippen molar-refractivity contribution in [3.8, 4) is 0 Å². The van der Waals surface area contributed by atoms with E-state index >= 15 is 0 Å². The summed E-state index contributed by atoms with van der Waals surface area (Å²) in [5, 5.41) is 0. The summed E-state index contributed by atoms with van der Waals surface area (Å²) in [6, 6.07) is 0. The van der Waals surface area contributed by atoms with Gasteiger partial charge in [-0.05, 0) is 25.5 Å². The topological polar surface area (TPSA) is 47.6 Å². The van der Waals surface area contributed by atoms with E-state index in [1.54, 1.807) is 18.5 Å². The number of rotatable bonds is 3. The second kappa shape index (κ2) is 8.64. The lowest BCUT2D eigenvalue weighted by Gasteiger charge is -2.02. The third-order valence-corrected chi connectivity index (χ3v) is 1.35. The minimum atomic E-state index is 0.0810. The summed E-state index contributed by atoms with van der Waals surface area (Å²) in [6.45, 7) is 4.30. The van der Waals surface area contributed by atoms with Gasteiger partial charge in [-0.1, -0.05) is 6.92 Å². The van der Waals surface area contributed by atoms with Crippen LogP contribution in [0.25, 0.3) is 0 Å². The maximum atomic E-state index is 9.55. The summed E-state index contributed by atoms with van der Waals surface area (Å²) in [7, 11) is 0. The SMILES string of the molecule is C1=CNOC=C1.CCC(C)OC=O. The molecular formula is C9H15NO3. The lowest BCUT2D eigenvalue weighted by atomic mass is 10.3. The second-order valence-corrected chi connectivity index (χ2v) is 2.37. The van der Waals surface area contributed by atoms with Crippen molar-refractivity contribution in [1.29, 1.82) is 0 Å². The van der Waals surface area contributed by atoms with Crippen molar-refractivity contribution in [2.75, 3.05) is 0 Å². The number of allylic oxidation sites excluding steroid dienone is 2. The van der Waals surface area contributed by atoms with Gasteiger partial charge in [-0.15, -0.1) is 0 Å². The fourth-order valence-electron chi connectivity index (χ4n) is 0.449. The van der Waals surface area contributed by atoms with Crippen LogP contribution in [0.1, 0.15) is 20.3 Å². The molecule has 1 heterocycles. The van der Waals surface area contributed by atoms with Crippen molar-refractivity contribution in [3.05, 3.63) is 24.6 Å². The molecule has 1 unspecified atom stereocenters. The first-order valence-electron chi connectivity index (χ1n) is 4.13. The zero-order chi connectivity index (χ0) is 9.94. The quantitative estimate of drug-likeness (QED) is 0.677. The van der Waals surface area contributed by atoms with Gasteiger partial charge in [-0.25, -0.2) is 5.48 Å². The first kappa shape index (κ1) is 11.6. The lowest BCUT2D eigenvalue weighted by Crippen LogP contribution is -2.03. The van der Waals surface area contributed by atoms with Gasteiger partial charge in [0.05, 0.1) is 6.10 Å². The number of hydroxylamine groups is 1. The van der Waals surface area contributed by atoms with Gasteiger partial charge in [-0.2, -0.15) is 0 Å². The number of carbonyl (C=O) groups excluding carboxylic acids is 1. The Bertz CT molecular complexity index is 166. The van der Waals surface area contributed by atoms with E-state index in [2.05, 4.69) is 15.1 Å². The van der Waals surface area contributed by atoms with Crippen molar-refractivity contribution in [3.63, 3.8) is 0 Å². The Hall–Kier alpha value is -1.45. The Morgan fingerprint density at radius 2 is 2.38 bits per heavy atom. The zero-order valence-electron chi connectivity index (χ0n) is 7.90. The minimum Gasteiger partial charge on any atom is -0.465 e. The highest BCUT2D eigenvalue weighted by atomic mass is 16.6. The van der Waals surface area contributed by atoms with Crippen LogP contribution in [0.4, 0.5) is 0 Å². The van der Waals surface area contributed by atoms with E-state index in [0.717, 1.165) is 6.42 Å². The third-order valence-electron chi connectivity index (χ3n) is 1.35. The molecule has 1 atom stereocenters. The van der Waals surface area contributed by atoms with Crippen molar-refractivity contribution < 1.29 is 14.4 Å². The van der Waals surface area contributed by atoms with E-state index in [9.17, 15) is 4.79 Å². The normalized spacial score (nSPS) is 14.3. The van der Waals surface area contributed by atoms with Gasteiger partial charge < -0.3 is 9.57 Å². The summed E-state index contributed by atoms with van der Waals surface area (Å²) < 4.78 is 4.51. The Morgan fingerprint density at radius 1 is 1.62 bits per heavy atom. The Kier molecular flexibility index (Phi) is 7.68. The zero-order valence-corrected chi connectivity index (χ0v) is 7.90. The second-order valence-electron chi connectivity index (χ2n) is 2.37. The highest BCUT2D eigenvalue weighted by Crippen LogP contribution is 1.90. The highest BCUT2D eigenvalue weighted by Gasteiger charge is 1.92. The molecule has 4 heteroatoms. The van der Waals surface area contributed by atoms with E-state index in [1.165, 1.54) is 0 Å². The van der Waals surface area contributed by atoms with E-state index < -0.39 is 0 Å². The Morgan fingerprint density at radius 3 is 2.54 bits per heavy atom. The number of nitrogens with one attached hydrogen (secondary N) is 1. The van der Waals surface area contributed by atoms with Crippen LogP contribution in [0.5, 0.6) is 0 Å². The first-order valence-corrected chi connectivity index (χ1v) is 4.13. The summed E-state index contributed by atoms with van der Waals surface area (Å²) in [5.74, 6) is 0. The molecule has 13 heavy (non-hydrogen) atoms. The van der Waals surface area contributed by atoms with Crippen LogP contribution in [0.3, 0.4) is 0 Å². The van der Waals surface area contributed by atoms with Crippen LogP contribution in [0.15, 0.2) is 24.6 Å². The van der Waals surface area contributed by atoms with Crippen LogP contribution in [-0.2, 0) is 14.4 Å². The van der Waals surface area contributed by atoms with Crippen molar-refractivity contribution in [1.82, 2.24) is 5.48 Å². The van der Waals surface area contributed by atoms with E-state index in [4.69, 9.17) is 0 Å². The molecule has 0 aromatic carbocycles. The summed E-state index contributed by atoms with van der Waals surface area (Å²) in [6.07, 6.45) is 7.90. The average molecular weight is 185 g/mol. The van der Waals surface area contributed by atoms with Crippen LogP contribution < -0.4 is 5.48 Å². The van der Waals surface area contributed by atoms with Crippen molar-refractivity contribution >= 4 is 6.47 Å². The summed E-state index contributed by atoms with van der Waals surface area (Å²) >= 11 is 0. The maximum absolute atomic E-state index is 9.55. The molecule has 1 N–H and O–H groups in total. The molecule has 74 valence electrons. The van der Waals surface area contributed by atoms with Gasteiger partial charge in [0.25, 0.3) is 6.47 Å². The number of hydrogen-bond donors (Lipinski definition) is 1. The van der Waals surface area contributed by atoms with Crippen LogP contribution in [0, 0.1) is 0 Å². The van der Waals surface area contributed by atoms with Gasteiger partial charge in [0.2, 0.25) is 0 Å². The fraction of sp³-hybridized carbons (Fsp3) is 0.444. The average Bonchev–Trinajstić information content (AvgIpc) is 2.22. The van der Waals surface area contributed by atoms with Gasteiger partial charge in [0.1, 0.15) is 6.26 Å². The number of ether oxygens (including phenoxy) is 1. The Balaban J connectivity index is 0.000000223. The highest BCUT2D eigenvalue weighted by molar-refractivity contribution is 5.37. The first-order chi connectivity index (χ1) is 6.31. The molecule has 0 aliphatic carbocycles. The van der Waals surface area contributed by atoms with E-state index in [-0.39, 0.29) is 6.10 Å². The lowest BCUT2D eigenvalue weighted by molar-refractivity contribution is -0.132. The van der Waals surface area contributed by atoms with Gasteiger partial charge in [-0.3, -0.25) is 4.79 Å². The van der Waals surface area contributed by atoms with E-state index in [1.807, 2.05) is 19.9 Å². The molecule has 1 aliphatic heterocycles. The standard InChI is InChI=1S/C5H10O2.C4H5NO/c1-3-5(2)7-4-6;1-2-4-6-5-3-1/h4-5H,3H2,1-2H3;1-5H. The summed E-state index contributed by atoms with van der Waals surface area (Å²) in [5.41, 5.74) is 2.52. The number of hydrogen-bond acceptors (Lipinski definition) is 4. The van der Waals surface area contributed by atoms with Crippen LogP contribution >= 0.6 is 0 Å². The minimum absolute atomic E-state index is 0.0810. The Labute approximate surface area is 78.2 Å². The predicted octanol–water partition coefficient (Wildman–Crippen LogP) is 1.51. The maximum Gasteiger partial charge on any atom is 0.293 e. The smallest absolute Gasteiger partial charge is 0.293 e. The van der Waals surface area contributed by atoms with E-state index in [0.29, 0.717) is 6.47 Å². The predicted molar refractivity (Wildman–Crippen MR) is 49.4 cm³/mol. The number of carbonyl (C=O) groups is 1. The molecule has 1 rings (SSSR count). The van der Waals surface area contributed by atoms with Gasteiger partial charge >= 0.3 is 0 Å². The molecule has 0 aromatic heterocycles. The molecule has 0 aromatic rings. The molecule has 0 amide bonds. The molecule has 0 bridgehead atoms. The molecule has 0 saturated heterocycles. The molecule has 1 aliphatic rings. The molecular weight excluding hydrogens is 170 g/mol. The van der Waals surface area contributed by atoms with Crippen molar-refractivity contribution in [2.45, 2.75) is 26.4 Å². The molecule has 0 fully saturated rings. The third kappa shape index (κ3) is 8.46. The van der Waals surface area contributed by atoms with Crippen LogP contribution in [-0.4, -0.2) is 12.6 Å². The molecule has 0 spiro atoms. The molecule has 4 nitrogen and oxygen atoms in total.